The molecule has 106 valence electrons. The zero-order chi connectivity index (χ0) is 13.8. The number of rotatable bonds is 11. The van der Waals surface area contributed by atoms with Gasteiger partial charge in [0.2, 0.25) is 0 Å². The molecule has 19 heavy (non-hydrogen) atoms. The fraction of sp³-hybridized carbons (Fsp3) is 0.588. The lowest BCUT2D eigenvalue weighted by molar-refractivity contribution is -0.114. The van der Waals surface area contributed by atoms with Crippen molar-refractivity contribution in [2.45, 2.75) is 64.4 Å². The highest BCUT2D eigenvalue weighted by Crippen LogP contribution is 2.14. The third-order valence-electron chi connectivity index (χ3n) is 3.27. The van der Waals surface area contributed by atoms with Crippen molar-refractivity contribution in [2.75, 3.05) is 0 Å². The Morgan fingerprint density at radius 2 is 1.63 bits per heavy atom. The van der Waals surface area contributed by atoms with Gasteiger partial charge in [-0.2, -0.15) is 0 Å². The highest BCUT2D eigenvalue weighted by molar-refractivity contribution is 5.56. The Bertz CT molecular complexity index is 321. The van der Waals surface area contributed by atoms with Crippen molar-refractivity contribution in [3.63, 3.8) is 0 Å². The molecule has 0 amide bonds. The fourth-order valence-corrected chi connectivity index (χ4v) is 2.13. The van der Waals surface area contributed by atoms with Crippen LogP contribution in [0.1, 0.15) is 58.3 Å². The van der Waals surface area contributed by atoms with Crippen molar-refractivity contribution >= 4 is 6.29 Å². The summed E-state index contributed by atoms with van der Waals surface area (Å²) in [6, 6.07) is 9.57. The van der Waals surface area contributed by atoms with Crippen molar-refractivity contribution in [3.8, 4) is 5.75 Å². The molecule has 0 aromatic heterocycles. The second kappa shape index (κ2) is 10.6. The van der Waals surface area contributed by atoms with Crippen molar-refractivity contribution in [1.82, 2.24) is 0 Å². The zero-order valence-electron chi connectivity index (χ0n) is 12.0. The van der Waals surface area contributed by atoms with Crippen LogP contribution in [0.5, 0.6) is 5.75 Å². The second-order valence-electron chi connectivity index (χ2n) is 5.02. The standard InChI is InChI=1S/C17H26O2/c1-2-3-4-5-6-7-9-14-17(15-18)19-16-12-10-8-11-13-16/h8,10-13,15,17H,2-7,9,14H2,1H3. The van der Waals surface area contributed by atoms with E-state index in [2.05, 4.69) is 6.92 Å². The molecule has 1 unspecified atom stereocenters. The first-order chi connectivity index (χ1) is 9.36. The van der Waals surface area contributed by atoms with Crippen LogP contribution in [0.3, 0.4) is 0 Å². The lowest BCUT2D eigenvalue weighted by Gasteiger charge is -2.13. The quantitative estimate of drug-likeness (QED) is 0.424. The molecule has 0 N–H and O–H groups in total. The maximum atomic E-state index is 11.0. The summed E-state index contributed by atoms with van der Waals surface area (Å²) in [6.45, 7) is 2.23. The summed E-state index contributed by atoms with van der Waals surface area (Å²) in [5.41, 5.74) is 0. The normalized spacial score (nSPS) is 12.1. The molecule has 1 atom stereocenters. The molecule has 0 saturated heterocycles. The van der Waals surface area contributed by atoms with Crippen LogP contribution in [-0.4, -0.2) is 12.4 Å². The fourth-order valence-electron chi connectivity index (χ4n) is 2.13. The molecule has 0 aliphatic carbocycles. The summed E-state index contributed by atoms with van der Waals surface area (Å²) in [5, 5.41) is 0. The van der Waals surface area contributed by atoms with Gasteiger partial charge in [0.15, 0.2) is 12.4 Å². The Kier molecular flexibility index (Phi) is 8.78. The summed E-state index contributed by atoms with van der Waals surface area (Å²) in [6.07, 6.45) is 10.3. The number of unbranched alkanes of at least 4 members (excludes halogenated alkanes) is 6. The van der Waals surface area contributed by atoms with Gasteiger partial charge in [-0.25, -0.2) is 0 Å². The van der Waals surface area contributed by atoms with Gasteiger partial charge in [0.25, 0.3) is 0 Å². The first-order valence-electron chi connectivity index (χ1n) is 7.53. The minimum Gasteiger partial charge on any atom is -0.483 e. The Morgan fingerprint density at radius 1 is 1.00 bits per heavy atom. The average molecular weight is 262 g/mol. The van der Waals surface area contributed by atoms with Crippen molar-refractivity contribution in [3.05, 3.63) is 30.3 Å². The van der Waals surface area contributed by atoms with Gasteiger partial charge in [-0.05, 0) is 25.0 Å². The highest BCUT2D eigenvalue weighted by Gasteiger charge is 2.08. The Labute approximate surface area is 117 Å². The summed E-state index contributed by atoms with van der Waals surface area (Å²) in [4.78, 5) is 11.0. The molecule has 0 saturated carbocycles. The van der Waals surface area contributed by atoms with Crippen LogP contribution in [0, 0.1) is 0 Å². The minimum absolute atomic E-state index is 0.293. The van der Waals surface area contributed by atoms with E-state index >= 15 is 0 Å². The first-order valence-corrected chi connectivity index (χ1v) is 7.53. The van der Waals surface area contributed by atoms with Gasteiger partial charge >= 0.3 is 0 Å². The number of aldehydes is 1. The summed E-state index contributed by atoms with van der Waals surface area (Å²) in [7, 11) is 0. The number of benzene rings is 1. The Balaban J connectivity index is 2.10. The first kappa shape index (κ1) is 15.7. The lowest BCUT2D eigenvalue weighted by Crippen LogP contribution is -2.17. The molecule has 0 radical (unpaired) electrons. The van der Waals surface area contributed by atoms with Crippen LogP contribution in [-0.2, 0) is 4.79 Å². The van der Waals surface area contributed by atoms with E-state index in [1.807, 2.05) is 30.3 Å². The molecule has 1 aromatic carbocycles. The van der Waals surface area contributed by atoms with E-state index in [9.17, 15) is 4.79 Å². The largest absolute Gasteiger partial charge is 0.483 e. The molecule has 0 fully saturated rings. The molecule has 0 aliphatic heterocycles. The maximum Gasteiger partial charge on any atom is 0.160 e. The van der Waals surface area contributed by atoms with E-state index in [1.165, 1.54) is 38.5 Å². The van der Waals surface area contributed by atoms with Gasteiger partial charge in [-0.3, -0.25) is 4.79 Å². The van der Waals surface area contributed by atoms with Crippen LogP contribution in [0.15, 0.2) is 30.3 Å². The van der Waals surface area contributed by atoms with E-state index in [0.717, 1.165) is 24.9 Å². The summed E-state index contributed by atoms with van der Waals surface area (Å²) in [5.74, 6) is 0.780. The monoisotopic (exact) mass is 262 g/mol. The molecular weight excluding hydrogens is 236 g/mol. The van der Waals surface area contributed by atoms with Gasteiger partial charge in [-0.15, -0.1) is 0 Å². The third kappa shape index (κ3) is 7.66. The maximum absolute atomic E-state index is 11.0. The van der Waals surface area contributed by atoms with Gasteiger partial charge in [0.1, 0.15) is 5.75 Å². The predicted molar refractivity (Wildman–Crippen MR) is 79.5 cm³/mol. The minimum atomic E-state index is -0.293. The van der Waals surface area contributed by atoms with Crippen molar-refractivity contribution in [2.24, 2.45) is 0 Å². The van der Waals surface area contributed by atoms with Crippen LogP contribution < -0.4 is 4.74 Å². The summed E-state index contributed by atoms with van der Waals surface area (Å²) < 4.78 is 5.64. The molecule has 0 heterocycles. The smallest absolute Gasteiger partial charge is 0.160 e. The van der Waals surface area contributed by atoms with E-state index in [1.54, 1.807) is 0 Å². The van der Waals surface area contributed by atoms with Gasteiger partial charge < -0.3 is 4.74 Å². The molecule has 0 bridgehead atoms. The number of hydrogen-bond acceptors (Lipinski definition) is 2. The topological polar surface area (TPSA) is 26.3 Å². The van der Waals surface area contributed by atoms with E-state index in [0.29, 0.717) is 0 Å². The Morgan fingerprint density at radius 3 is 2.26 bits per heavy atom. The molecule has 0 aliphatic rings. The number of para-hydroxylation sites is 1. The van der Waals surface area contributed by atoms with Gasteiger partial charge in [0.05, 0.1) is 0 Å². The second-order valence-corrected chi connectivity index (χ2v) is 5.02. The van der Waals surface area contributed by atoms with Gasteiger partial charge in [-0.1, -0.05) is 63.6 Å². The van der Waals surface area contributed by atoms with Gasteiger partial charge in [0, 0.05) is 0 Å². The average Bonchev–Trinajstić information content (AvgIpc) is 2.46. The van der Waals surface area contributed by atoms with Crippen molar-refractivity contribution in [1.29, 1.82) is 0 Å². The molecular formula is C17H26O2. The number of carbonyl (C=O) groups is 1. The third-order valence-corrected chi connectivity index (χ3v) is 3.27. The molecule has 1 aromatic rings. The lowest BCUT2D eigenvalue weighted by atomic mass is 10.1. The molecule has 2 nitrogen and oxygen atoms in total. The number of hydrogen-bond donors (Lipinski definition) is 0. The predicted octanol–water partition coefficient (Wildman–Crippen LogP) is 4.77. The highest BCUT2D eigenvalue weighted by atomic mass is 16.5. The van der Waals surface area contributed by atoms with Crippen LogP contribution in [0.25, 0.3) is 0 Å². The van der Waals surface area contributed by atoms with Crippen LogP contribution in [0.2, 0.25) is 0 Å². The molecule has 1 rings (SSSR count). The van der Waals surface area contributed by atoms with E-state index in [-0.39, 0.29) is 6.10 Å². The SMILES string of the molecule is CCCCCCCCCC(C=O)Oc1ccccc1. The summed E-state index contributed by atoms with van der Waals surface area (Å²) >= 11 is 0. The van der Waals surface area contributed by atoms with Crippen LogP contribution in [0.4, 0.5) is 0 Å². The van der Waals surface area contributed by atoms with Crippen molar-refractivity contribution < 1.29 is 9.53 Å². The van der Waals surface area contributed by atoms with E-state index < -0.39 is 0 Å². The number of carbonyl (C=O) groups excluding carboxylic acids is 1. The van der Waals surface area contributed by atoms with Crippen LogP contribution >= 0.6 is 0 Å². The molecule has 0 spiro atoms. The molecule has 2 heteroatoms. The zero-order valence-corrected chi connectivity index (χ0v) is 12.0. The van der Waals surface area contributed by atoms with E-state index in [4.69, 9.17) is 4.74 Å². The number of ether oxygens (including phenoxy) is 1. The Hall–Kier alpha value is -1.31.